The second-order valence-electron chi connectivity index (χ2n) is 7.23. The third-order valence-electron chi connectivity index (χ3n) is 5.11. The first-order chi connectivity index (χ1) is 14.3. The van der Waals surface area contributed by atoms with Crippen LogP contribution in [-0.4, -0.2) is 16.1 Å². The fourth-order valence-electron chi connectivity index (χ4n) is 3.61. The molecule has 4 aromatic rings. The maximum Gasteiger partial charge on any atom is 0.130 e. The molecule has 0 unspecified atom stereocenters. The minimum absolute atomic E-state index is 0.115. The van der Waals surface area contributed by atoms with Gasteiger partial charge >= 0.3 is 0 Å². The second kappa shape index (κ2) is 7.92. The summed E-state index contributed by atoms with van der Waals surface area (Å²) in [6.45, 7) is 0.423. The van der Waals surface area contributed by atoms with Crippen LogP contribution in [0.15, 0.2) is 79.1 Å². The maximum atomic E-state index is 6.23. The smallest absolute Gasteiger partial charge is 0.130 e. The number of para-hydroxylation sites is 1. The number of hydrogen-bond acceptors (Lipinski definition) is 4. The zero-order chi connectivity index (χ0) is 19.5. The molecule has 0 bridgehead atoms. The minimum atomic E-state index is 0.115. The number of hydrogen-bond donors (Lipinski definition) is 0. The van der Waals surface area contributed by atoms with Crippen molar-refractivity contribution in [2.45, 2.75) is 25.6 Å². The Kier molecular flexibility index (Phi) is 4.83. The van der Waals surface area contributed by atoms with Crippen LogP contribution in [0.5, 0.6) is 11.5 Å². The summed E-state index contributed by atoms with van der Waals surface area (Å²) in [5.74, 6) is 1.66. The van der Waals surface area contributed by atoms with E-state index in [1.165, 1.54) is 5.56 Å². The zero-order valence-electron chi connectivity index (χ0n) is 16.0. The van der Waals surface area contributed by atoms with E-state index in [0.717, 1.165) is 46.5 Å². The molecule has 0 N–H and O–H groups in total. The van der Waals surface area contributed by atoms with Gasteiger partial charge in [0.05, 0.1) is 11.2 Å². The molecule has 0 aliphatic carbocycles. The average Bonchev–Trinajstić information content (AvgIpc) is 2.78. The van der Waals surface area contributed by atoms with Gasteiger partial charge in [-0.3, -0.25) is 4.98 Å². The van der Waals surface area contributed by atoms with Gasteiger partial charge in [0.25, 0.3) is 0 Å². The normalized spacial score (nSPS) is 15.5. The molecule has 1 radical (unpaired) electrons. The number of fused-ring (bicyclic) bond motifs is 2. The van der Waals surface area contributed by atoms with Crippen molar-refractivity contribution in [3.8, 4) is 11.5 Å². The largest absolute Gasteiger partial charge is 0.490 e. The Morgan fingerprint density at radius 2 is 1.97 bits per heavy atom. The standard InChI is InChI=1S/C25H21N2O2/c1-2-6-24-19(5-1)7-10-21(27-24)17-28-22-11-8-20-9-12-23(29-25(20)15-22)14-18-4-3-13-26-16-18/h1-11,13,15-16,23H,12,14,17H2/t23-/m1/s1. The van der Waals surface area contributed by atoms with Gasteiger partial charge in [0.15, 0.2) is 0 Å². The van der Waals surface area contributed by atoms with Crippen LogP contribution in [0.2, 0.25) is 0 Å². The Morgan fingerprint density at radius 3 is 2.90 bits per heavy atom. The monoisotopic (exact) mass is 381 g/mol. The van der Waals surface area contributed by atoms with E-state index < -0.39 is 0 Å². The number of benzene rings is 2. The summed E-state index contributed by atoms with van der Waals surface area (Å²) in [5, 5.41) is 1.13. The van der Waals surface area contributed by atoms with E-state index in [1.807, 2.05) is 48.7 Å². The van der Waals surface area contributed by atoms with Crippen molar-refractivity contribution < 1.29 is 9.47 Å². The molecule has 0 saturated carbocycles. The van der Waals surface area contributed by atoms with E-state index in [4.69, 9.17) is 9.47 Å². The molecule has 3 heterocycles. The number of ether oxygens (including phenoxy) is 2. The molecule has 1 aliphatic rings. The Balaban J connectivity index is 1.27. The van der Waals surface area contributed by atoms with E-state index >= 15 is 0 Å². The molecular formula is C25H21N2O2. The van der Waals surface area contributed by atoms with Crippen molar-refractivity contribution in [2.75, 3.05) is 0 Å². The first-order valence-electron chi connectivity index (χ1n) is 9.84. The molecule has 2 aromatic carbocycles. The van der Waals surface area contributed by atoms with E-state index in [9.17, 15) is 0 Å². The van der Waals surface area contributed by atoms with Crippen LogP contribution < -0.4 is 9.47 Å². The molecule has 1 atom stereocenters. The molecule has 0 saturated heterocycles. The van der Waals surface area contributed by atoms with E-state index in [0.29, 0.717) is 6.61 Å². The fourth-order valence-corrected chi connectivity index (χ4v) is 3.61. The second-order valence-corrected chi connectivity index (χ2v) is 7.23. The topological polar surface area (TPSA) is 44.2 Å². The van der Waals surface area contributed by atoms with Crippen molar-refractivity contribution in [3.63, 3.8) is 0 Å². The summed E-state index contributed by atoms with van der Waals surface area (Å²) in [6, 6.07) is 22.2. The lowest BCUT2D eigenvalue weighted by molar-refractivity contribution is 0.188. The Hall–Kier alpha value is -3.40. The summed E-state index contributed by atoms with van der Waals surface area (Å²) in [5.41, 5.74) is 4.19. The molecule has 4 heteroatoms. The number of pyridine rings is 2. The van der Waals surface area contributed by atoms with E-state index in [1.54, 1.807) is 6.20 Å². The SMILES string of the molecule is [CH]1C[C@H](Cc2cccnc2)Oc2cc(OCc3ccc4ccccc4n3)ccc21. The van der Waals surface area contributed by atoms with Crippen molar-refractivity contribution in [3.05, 3.63) is 102 Å². The van der Waals surface area contributed by atoms with Crippen molar-refractivity contribution in [1.29, 1.82) is 0 Å². The van der Waals surface area contributed by atoms with Crippen LogP contribution in [0.3, 0.4) is 0 Å². The molecule has 0 spiro atoms. The molecule has 29 heavy (non-hydrogen) atoms. The third-order valence-corrected chi connectivity index (χ3v) is 5.11. The van der Waals surface area contributed by atoms with Crippen LogP contribution in [0, 0.1) is 6.42 Å². The first kappa shape index (κ1) is 17.7. The molecule has 0 fully saturated rings. The van der Waals surface area contributed by atoms with E-state index in [2.05, 4.69) is 40.7 Å². The Morgan fingerprint density at radius 1 is 1.00 bits per heavy atom. The highest BCUT2D eigenvalue weighted by Crippen LogP contribution is 2.33. The lowest BCUT2D eigenvalue weighted by Crippen LogP contribution is -2.24. The van der Waals surface area contributed by atoms with Crippen LogP contribution in [-0.2, 0) is 13.0 Å². The van der Waals surface area contributed by atoms with Gasteiger partial charge < -0.3 is 9.47 Å². The molecule has 143 valence electrons. The molecule has 5 rings (SSSR count). The maximum absolute atomic E-state index is 6.23. The molecule has 4 nitrogen and oxygen atoms in total. The number of rotatable bonds is 5. The minimum Gasteiger partial charge on any atom is -0.490 e. The summed E-state index contributed by atoms with van der Waals surface area (Å²) in [7, 11) is 0. The van der Waals surface area contributed by atoms with Crippen molar-refractivity contribution in [1.82, 2.24) is 9.97 Å². The van der Waals surface area contributed by atoms with Crippen LogP contribution in [0.25, 0.3) is 10.9 Å². The zero-order valence-corrected chi connectivity index (χ0v) is 16.0. The highest BCUT2D eigenvalue weighted by atomic mass is 16.5. The van der Waals surface area contributed by atoms with Gasteiger partial charge in [-0.05, 0) is 48.2 Å². The summed E-state index contributed by atoms with van der Waals surface area (Å²) in [4.78, 5) is 8.86. The quantitative estimate of drug-likeness (QED) is 0.479. The van der Waals surface area contributed by atoms with Crippen molar-refractivity contribution >= 4 is 10.9 Å². The lowest BCUT2D eigenvalue weighted by Gasteiger charge is -2.26. The van der Waals surface area contributed by atoms with Gasteiger partial charge in [0.1, 0.15) is 24.2 Å². The van der Waals surface area contributed by atoms with Gasteiger partial charge in [0.2, 0.25) is 0 Å². The Labute approximate surface area is 170 Å². The van der Waals surface area contributed by atoms with Crippen LogP contribution >= 0.6 is 0 Å². The summed E-state index contributed by atoms with van der Waals surface area (Å²) < 4.78 is 12.2. The van der Waals surface area contributed by atoms with Crippen LogP contribution in [0.4, 0.5) is 0 Å². The van der Waals surface area contributed by atoms with Gasteiger partial charge in [-0.2, -0.15) is 0 Å². The van der Waals surface area contributed by atoms with Gasteiger partial charge in [-0.15, -0.1) is 0 Å². The molecule has 2 aromatic heterocycles. The predicted molar refractivity (Wildman–Crippen MR) is 113 cm³/mol. The number of nitrogens with zero attached hydrogens (tertiary/aromatic N) is 2. The predicted octanol–water partition coefficient (Wildman–Crippen LogP) is 5.15. The summed E-state index contributed by atoms with van der Waals surface area (Å²) >= 11 is 0. The highest BCUT2D eigenvalue weighted by molar-refractivity contribution is 5.78. The van der Waals surface area contributed by atoms with Gasteiger partial charge in [0, 0.05) is 30.3 Å². The third kappa shape index (κ3) is 4.06. The van der Waals surface area contributed by atoms with Gasteiger partial charge in [-0.1, -0.05) is 36.4 Å². The summed E-state index contributed by atoms with van der Waals surface area (Å²) in [6.07, 6.45) is 7.77. The molecule has 1 aliphatic heterocycles. The van der Waals surface area contributed by atoms with Gasteiger partial charge in [-0.25, -0.2) is 4.98 Å². The van der Waals surface area contributed by atoms with Crippen molar-refractivity contribution in [2.24, 2.45) is 0 Å². The van der Waals surface area contributed by atoms with E-state index in [-0.39, 0.29) is 6.10 Å². The Bertz CT molecular complexity index is 1130. The fraction of sp³-hybridized carbons (Fsp3) is 0.160. The molecule has 0 amide bonds. The lowest BCUT2D eigenvalue weighted by atomic mass is 9.98. The highest BCUT2D eigenvalue weighted by Gasteiger charge is 2.21. The van der Waals surface area contributed by atoms with Crippen LogP contribution in [0.1, 0.15) is 23.2 Å². The first-order valence-corrected chi connectivity index (χ1v) is 9.84. The molecular weight excluding hydrogens is 360 g/mol. The average molecular weight is 381 g/mol. The number of aromatic nitrogens is 2.